The van der Waals surface area contributed by atoms with Crippen molar-refractivity contribution in [1.29, 1.82) is 0 Å². The maximum atomic E-state index is 11.2. The van der Waals surface area contributed by atoms with E-state index in [1.807, 2.05) is 54.6 Å². The highest BCUT2D eigenvalue weighted by Gasteiger charge is 2.17. The van der Waals surface area contributed by atoms with Gasteiger partial charge in [-0.05, 0) is 41.5 Å². The zero-order valence-corrected chi connectivity index (χ0v) is 14.7. The Hall–Kier alpha value is -3.93. The van der Waals surface area contributed by atoms with Crippen LogP contribution in [-0.2, 0) is 0 Å². The predicted octanol–water partition coefficient (Wildman–Crippen LogP) is 5.21. The highest BCUT2D eigenvalue weighted by atomic mass is 16.7. The van der Waals surface area contributed by atoms with Gasteiger partial charge in [-0.1, -0.05) is 30.3 Å². The average Bonchev–Trinajstić information content (AvgIpc) is 3.21. The molecule has 0 fully saturated rings. The number of rotatable bonds is 3. The molecule has 3 aromatic carbocycles. The fourth-order valence-corrected chi connectivity index (χ4v) is 3.39. The average molecular weight is 370 g/mol. The van der Waals surface area contributed by atoms with Crippen LogP contribution in [0.1, 0.15) is 0 Å². The normalized spacial score (nSPS) is 12.3. The third-order valence-corrected chi connectivity index (χ3v) is 4.76. The zero-order valence-electron chi connectivity index (χ0n) is 14.7. The minimum absolute atomic E-state index is 0.0438. The Balaban J connectivity index is 1.76. The predicted molar refractivity (Wildman–Crippen MR) is 105 cm³/mol. The number of ether oxygens (including phenoxy) is 2. The second-order valence-electron chi connectivity index (χ2n) is 6.45. The summed E-state index contributed by atoms with van der Waals surface area (Å²) in [6, 6.07) is 22.2. The number of nitro benzene ring substituents is 1. The molecule has 0 bridgehead atoms. The van der Waals surface area contributed by atoms with Gasteiger partial charge in [-0.25, -0.2) is 4.98 Å². The lowest BCUT2D eigenvalue weighted by Gasteiger charge is -2.11. The van der Waals surface area contributed by atoms with E-state index in [2.05, 4.69) is 0 Å². The highest BCUT2D eigenvalue weighted by Crippen LogP contribution is 2.38. The van der Waals surface area contributed by atoms with Crippen molar-refractivity contribution < 1.29 is 14.4 Å². The van der Waals surface area contributed by atoms with E-state index in [0.717, 1.165) is 27.8 Å². The second-order valence-corrected chi connectivity index (χ2v) is 6.45. The van der Waals surface area contributed by atoms with Gasteiger partial charge in [-0.15, -0.1) is 0 Å². The molecule has 1 aliphatic heterocycles. The van der Waals surface area contributed by atoms with Gasteiger partial charge in [0.2, 0.25) is 6.79 Å². The van der Waals surface area contributed by atoms with Crippen LogP contribution in [0.3, 0.4) is 0 Å². The van der Waals surface area contributed by atoms with E-state index >= 15 is 0 Å². The van der Waals surface area contributed by atoms with Gasteiger partial charge < -0.3 is 9.47 Å². The van der Waals surface area contributed by atoms with E-state index in [-0.39, 0.29) is 17.4 Å². The van der Waals surface area contributed by atoms with E-state index in [0.29, 0.717) is 17.0 Å². The molecule has 0 unspecified atom stereocenters. The molecule has 1 aliphatic rings. The summed E-state index contributed by atoms with van der Waals surface area (Å²) < 4.78 is 10.9. The summed E-state index contributed by atoms with van der Waals surface area (Å²) in [6.07, 6.45) is 0. The third kappa shape index (κ3) is 2.72. The number of fused-ring (bicyclic) bond motifs is 2. The number of benzene rings is 3. The van der Waals surface area contributed by atoms with E-state index in [9.17, 15) is 10.1 Å². The van der Waals surface area contributed by atoms with Gasteiger partial charge in [0.1, 0.15) is 0 Å². The fraction of sp³-hybridized carbons (Fsp3) is 0.0455. The summed E-state index contributed by atoms with van der Waals surface area (Å²) in [5.74, 6) is 1.40. The lowest BCUT2D eigenvalue weighted by molar-refractivity contribution is -0.384. The zero-order chi connectivity index (χ0) is 19.1. The molecule has 0 saturated carbocycles. The van der Waals surface area contributed by atoms with Gasteiger partial charge in [-0.2, -0.15) is 0 Å². The van der Waals surface area contributed by atoms with Crippen LogP contribution in [0.2, 0.25) is 0 Å². The molecule has 0 saturated heterocycles. The molecule has 6 heteroatoms. The molecule has 1 aromatic heterocycles. The Kier molecular flexibility index (Phi) is 3.69. The van der Waals surface area contributed by atoms with Gasteiger partial charge in [0.25, 0.3) is 5.69 Å². The number of aromatic nitrogens is 1. The molecule has 28 heavy (non-hydrogen) atoms. The molecule has 0 spiro atoms. The van der Waals surface area contributed by atoms with Gasteiger partial charge in [-0.3, -0.25) is 10.1 Å². The largest absolute Gasteiger partial charge is 0.454 e. The molecule has 5 rings (SSSR count). The number of nitrogens with zero attached hydrogens (tertiary/aromatic N) is 2. The molecule has 0 aliphatic carbocycles. The number of non-ortho nitro benzene ring substituents is 1. The lowest BCUT2D eigenvalue weighted by Crippen LogP contribution is -1.93. The van der Waals surface area contributed by atoms with Crippen LogP contribution in [0.15, 0.2) is 72.8 Å². The summed E-state index contributed by atoms with van der Waals surface area (Å²) in [4.78, 5) is 15.6. The smallest absolute Gasteiger partial charge is 0.270 e. The molecule has 6 nitrogen and oxygen atoms in total. The van der Waals surface area contributed by atoms with Crippen molar-refractivity contribution in [1.82, 2.24) is 4.98 Å². The Labute approximate surface area is 160 Å². The number of nitro groups is 1. The molecule has 0 amide bonds. The van der Waals surface area contributed by atoms with Crippen molar-refractivity contribution in [2.24, 2.45) is 0 Å². The van der Waals surface area contributed by atoms with Crippen molar-refractivity contribution in [3.63, 3.8) is 0 Å². The van der Waals surface area contributed by atoms with E-state index in [1.165, 1.54) is 6.07 Å². The summed E-state index contributed by atoms with van der Waals surface area (Å²) in [6.45, 7) is 0.211. The minimum Gasteiger partial charge on any atom is -0.454 e. The van der Waals surface area contributed by atoms with Crippen LogP contribution in [-0.4, -0.2) is 16.7 Å². The Morgan fingerprint density at radius 1 is 0.857 bits per heavy atom. The van der Waals surface area contributed by atoms with Gasteiger partial charge in [0.15, 0.2) is 11.5 Å². The third-order valence-electron chi connectivity index (χ3n) is 4.76. The number of hydrogen-bond acceptors (Lipinski definition) is 5. The first kappa shape index (κ1) is 16.3. The second kappa shape index (κ2) is 6.35. The molecular weight excluding hydrogens is 356 g/mol. The first-order valence-corrected chi connectivity index (χ1v) is 8.74. The quantitative estimate of drug-likeness (QED) is 0.366. The van der Waals surface area contributed by atoms with Crippen LogP contribution in [0.5, 0.6) is 11.5 Å². The van der Waals surface area contributed by atoms with Crippen LogP contribution < -0.4 is 9.47 Å². The van der Waals surface area contributed by atoms with E-state index in [1.54, 1.807) is 12.1 Å². The van der Waals surface area contributed by atoms with Crippen LogP contribution in [0, 0.1) is 10.1 Å². The van der Waals surface area contributed by atoms with Gasteiger partial charge >= 0.3 is 0 Å². The first-order chi connectivity index (χ1) is 13.7. The molecule has 4 aromatic rings. The lowest BCUT2D eigenvalue weighted by atomic mass is 9.98. The standard InChI is InChI=1S/C22H14N2O4/c25-24(26)16-7-8-19-18(11-16)17(14-4-2-1-3-5-14)12-20(23-19)15-6-9-21-22(10-15)28-13-27-21/h1-12H,13H2. The summed E-state index contributed by atoms with van der Waals surface area (Å²) in [5, 5.41) is 12.0. The monoisotopic (exact) mass is 370 g/mol. The fourth-order valence-electron chi connectivity index (χ4n) is 3.39. The highest BCUT2D eigenvalue weighted by molar-refractivity contribution is 5.98. The van der Waals surface area contributed by atoms with Crippen molar-refractivity contribution in [3.8, 4) is 33.9 Å². The van der Waals surface area contributed by atoms with Crippen molar-refractivity contribution in [2.75, 3.05) is 6.79 Å². The van der Waals surface area contributed by atoms with E-state index < -0.39 is 0 Å². The Morgan fingerprint density at radius 3 is 2.50 bits per heavy atom. The van der Waals surface area contributed by atoms with Gasteiger partial charge in [0, 0.05) is 23.1 Å². The minimum atomic E-state index is -0.389. The Bertz CT molecular complexity index is 1220. The van der Waals surface area contributed by atoms with Crippen molar-refractivity contribution in [3.05, 3.63) is 82.9 Å². The molecule has 2 heterocycles. The maximum absolute atomic E-state index is 11.2. The van der Waals surface area contributed by atoms with Crippen molar-refractivity contribution in [2.45, 2.75) is 0 Å². The van der Waals surface area contributed by atoms with Crippen LogP contribution in [0.4, 0.5) is 5.69 Å². The summed E-state index contributed by atoms with van der Waals surface area (Å²) in [7, 11) is 0. The molecular formula is C22H14N2O4. The summed E-state index contributed by atoms with van der Waals surface area (Å²) >= 11 is 0. The Morgan fingerprint density at radius 2 is 1.68 bits per heavy atom. The van der Waals surface area contributed by atoms with Gasteiger partial charge in [0.05, 0.1) is 16.1 Å². The van der Waals surface area contributed by atoms with Crippen molar-refractivity contribution >= 4 is 16.6 Å². The maximum Gasteiger partial charge on any atom is 0.270 e. The molecule has 0 atom stereocenters. The SMILES string of the molecule is O=[N+]([O-])c1ccc2nc(-c3ccc4c(c3)OCO4)cc(-c3ccccc3)c2c1. The molecule has 0 N–H and O–H groups in total. The topological polar surface area (TPSA) is 74.5 Å². The molecule has 0 radical (unpaired) electrons. The summed E-state index contributed by atoms with van der Waals surface area (Å²) in [5.41, 5.74) is 4.25. The number of pyridine rings is 1. The van der Waals surface area contributed by atoms with Crippen LogP contribution in [0.25, 0.3) is 33.3 Å². The van der Waals surface area contributed by atoms with E-state index in [4.69, 9.17) is 14.5 Å². The molecule has 136 valence electrons. The first-order valence-electron chi connectivity index (χ1n) is 8.74. The van der Waals surface area contributed by atoms with Crippen LogP contribution >= 0.6 is 0 Å². The number of hydrogen-bond donors (Lipinski definition) is 0.